The third-order valence-corrected chi connectivity index (χ3v) is 2.96. The minimum atomic E-state index is -0.138. The van der Waals surface area contributed by atoms with E-state index in [2.05, 4.69) is 29.6 Å². The molecule has 0 radical (unpaired) electrons. The van der Waals surface area contributed by atoms with Crippen LogP contribution in [-0.2, 0) is 0 Å². The number of rotatable bonds is 7. The van der Waals surface area contributed by atoms with Gasteiger partial charge in [0.1, 0.15) is 5.69 Å². The first-order chi connectivity index (χ1) is 9.02. The van der Waals surface area contributed by atoms with E-state index in [1.165, 1.54) is 6.42 Å². The smallest absolute Gasteiger partial charge is 0.270 e. The van der Waals surface area contributed by atoms with Crippen LogP contribution in [0.4, 0.5) is 5.69 Å². The SMILES string of the molecule is CC(C)CCCC(C)NC(=O)c1ccc(NN)cn1. The predicted molar refractivity (Wildman–Crippen MR) is 77.7 cm³/mol. The summed E-state index contributed by atoms with van der Waals surface area (Å²) in [7, 11) is 0. The van der Waals surface area contributed by atoms with Gasteiger partial charge in [0.05, 0.1) is 11.9 Å². The van der Waals surface area contributed by atoms with E-state index in [4.69, 9.17) is 5.84 Å². The molecule has 4 N–H and O–H groups in total. The lowest BCUT2D eigenvalue weighted by molar-refractivity contribution is 0.0933. The molecule has 1 heterocycles. The van der Waals surface area contributed by atoms with Gasteiger partial charge in [0.2, 0.25) is 0 Å². The van der Waals surface area contributed by atoms with Crippen LogP contribution >= 0.6 is 0 Å². The molecule has 1 unspecified atom stereocenters. The standard InChI is InChI=1S/C14H24N4O/c1-10(2)5-4-6-11(3)17-14(19)13-8-7-12(18-15)9-16-13/h7-11,18H,4-6,15H2,1-3H3,(H,17,19). The molecule has 0 saturated heterocycles. The van der Waals surface area contributed by atoms with E-state index < -0.39 is 0 Å². The van der Waals surface area contributed by atoms with E-state index in [0.717, 1.165) is 12.8 Å². The van der Waals surface area contributed by atoms with E-state index in [0.29, 0.717) is 17.3 Å². The van der Waals surface area contributed by atoms with Gasteiger partial charge in [-0.05, 0) is 31.4 Å². The van der Waals surface area contributed by atoms with Crippen molar-refractivity contribution < 1.29 is 4.79 Å². The van der Waals surface area contributed by atoms with Gasteiger partial charge in [-0.15, -0.1) is 0 Å². The van der Waals surface area contributed by atoms with Crippen LogP contribution in [0.1, 0.15) is 50.5 Å². The van der Waals surface area contributed by atoms with Crippen LogP contribution in [0.25, 0.3) is 0 Å². The maximum atomic E-state index is 11.9. The summed E-state index contributed by atoms with van der Waals surface area (Å²) in [4.78, 5) is 16.0. The fourth-order valence-electron chi connectivity index (χ4n) is 1.82. The van der Waals surface area contributed by atoms with Crippen LogP contribution in [0.5, 0.6) is 0 Å². The van der Waals surface area contributed by atoms with E-state index in [-0.39, 0.29) is 11.9 Å². The molecule has 0 aliphatic rings. The Hall–Kier alpha value is -1.62. The van der Waals surface area contributed by atoms with Gasteiger partial charge in [0.25, 0.3) is 5.91 Å². The van der Waals surface area contributed by atoms with Crippen LogP contribution < -0.4 is 16.6 Å². The van der Waals surface area contributed by atoms with E-state index in [1.807, 2.05) is 6.92 Å². The number of hydrazine groups is 1. The number of nitrogens with zero attached hydrogens (tertiary/aromatic N) is 1. The Labute approximate surface area is 115 Å². The number of nitrogens with one attached hydrogen (secondary N) is 2. The van der Waals surface area contributed by atoms with Crippen molar-refractivity contribution in [3.8, 4) is 0 Å². The monoisotopic (exact) mass is 264 g/mol. The van der Waals surface area contributed by atoms with E-state index >= 15 is 0 Å². The summed E-state index contributed by atoms with van der Waals surface area (Å²) in [5.74, 6) is 5.82. The van der Waals surface area contributed by atoms with Crippen molar-refractivity contribution >= 4 is 11.6 Å². The number of pyridine rings is 1. The molecule has 0 saturated carbocycles. The molecule has 5 heteroatoms. The average molecular weight is 264 g/mol. The number of aromatic nitrogens is 1. The topological polar surface area (TPSA) is 80.0 Å². The maximum Gasteiger partial charge on any atom is 0.270 e. The first-order valence-electron chi connectivity index (χ1n) is 6.76. The number of amides is 1. The molecule has 0 aliphatic heterocycles. The minimum Gasteiger partial charge on any atom is -0.348 e. The Balaban J connectivity index is 2.40. The highest BCUT2D eigenvalue weighted by Crippen LogP contribution is 2.09. The van der Waals surface area contributed by atoms with Crippen molar-refractivity contribution in [3.05, 3.63) is 24.0 Å². The highest BCUT2D eigenvalue weighted by molar-refractivity contribution is 5.92. The quantitative estimate of drug-likeness (QED) is 0.521. The van der Waals surface area contributed by atoms with Gasteiger partial charge in [-0.3, -0.25) is 10.6 Å². The highest BCUT2D eigenvalue weighted by Gasteiger charge is 2.10. The summed E-state index contributed by atoms with van der Waals surface area (Å²) in [6.45, 7) is 6.44. The lowest BCUT2D eigenvalue weighted by Gasteiger charge is -2.14. The van der Waals surface area contributed by atoms with Crippen LogP contribution in [0.15, 0.2) is 18.3 Å². The number of hydrogen-bond donors (Lipinski definition) is 3. The molecule has 1 amide bonds. The van der Waals surface area contributed by atoms with Crippen molar-refractivity contribution in [2.45, 2.75) is 46.1 Å². The molecule has 0 bridgehead atoms. The van der Waals surface area contributed by atoms with Gasteiger partial charge >= 0.3 is 0 Å². The lowest BCUT2D eigenvalue weighted by atomic mass is 10.0. The predicted octanol–water partition coefficient (Wildman–Crippen LogP) is 2.31. The van der Waals surface area contributed by atoms with Crippen LogP contribution in [0, 0.1) is 5.92 Å². The third-order valence-electron chi connectivity index (χ3n) is 2.96. The summed E-state index contributed by atoms with van der Waals surface area (Å²) in [6, 6.07) is 3.55. The molecule has 1 atom stereocenters. The number of nitrogen functional groups attached to an aromatic ring is 1. The number of anilines is 1. The zero-order valence-corrected chi connectivity index (χ0v) is 11.9. The molecule has 0 spiro atoms. The molecule has 1 rings (SSSR count). The fourth-order valence-corrected chi connectivity index (χ4v) is 1.82. The average Bonchev–Trinajstić information content (AvgIpc) is 2.38. The second kappa shape index (κ2) is 7.74. The molecule has 5 nitrogen and oxygen atoms in total. The number of hydrogen-bond acceptors (Lipinski definition) is 4. The summed E-state index contributed by atoms with van der Waals surface area (Å²) in [5, 5.41) is 2.95. The van der Waals surface area contributed by atoms with Gasteiger partial charge in [-0.1, -0.05) is 26.7 Å². The molecule has 0 aromatic carbocycles. The van der Waals surface area contributed by atoms with Gasteiger partial charge in [-0.25, -0.2) is 4.98 Å². The summed E-state index contributed by atoms with van der Waals surface area (Å²) < 4.78 is 0. The maximum absolute atomic E-state index is 11.9. The Bertz CT molecular complexity index is 389. The Morgan fingerprint density at radius 1 is 1.32 bits per heavy atom. The Morgan fingerprint density at radius 3 is 2.58 bits per heavy atom. The minimum absolute atomic E-state index is 0.138. The van der Waals surface area contributed by atoms with Crippen molar-refractivity contribution in [2.24, 2.45) is 11.8 Å². The first-order valence-corrected chi connectivity index (χ1v) is 6.76. The summed E-state index contributed by atoms with van der Waals surface area (Å²) in [6.07, 6.45) is 4.85. The molecule has 106 valence electrons. The van der Waals surface area contributed by atoms with Crippen molar-refractivity contribution in [1.82, 2.24) is 10.3 Å². The van der Waals surface area contributed by atoms with Crippen LogP contribution in [0.3, 0.4) is 0 Å². The van der Waals surface area contributed by atoms with Gasteiger partial charge in [-0.2, -0.15) is 0 Å². The highest BCUT2D eigenvalue weighted by atomic mass is 16.1. The Kier molecular flexibility index (Phi) is 6.29. The summed E-state index contributed by atoms with van der Waals surface area (Å²) in [5.41, 5.74) is 3.57. The van der Waals surface area contributed by atoms with Crippen molar-refractivity contribution in [3.63, 3.8) is 0 Å². The van der Waals surface area contributed by atoms with Gasteiger partial charge in [0, 0.05) is 6.04 Å². The lowest BCUT2D eigenvalue weighted by Crippen LogP contribution is -2.33. The van der Waals surface area contributed by atoms with Gasteiger partial charge < -0.3 is 10.7 Å². The molecule has 0 fully saturated rings. The van der Waals surface area contributed by atoms with E-state index in [1.54, 1.807) is 18.3 Å². The van der Waals surface area contributed by atoms with Crippen molar-refractivity contribution in [2.75, 3.05) is 5.43 Å². The number of carbonyl (C=O) groups excluding carboxylic acids is 1. The second-order valence-corrected chi connectivity index (χ2v) is 5.28. The van der Waals surface area contributed by atoms with Crippen molar-refractivity contribution in [1.29, 1.82) is 0 Å². The molecular weight excluding hydrogens is 240 g/mol. The summed E-state index contributed by atoms with van der Waals surface area (Å²) >= 11 is 0. The van der Waals surface area contributed by atoms with Gasteiger partial charge in [0.15, 0.2) is 0 Å². The zero-order valence-electron chi connectivity index (χ0n) is 11.9. The fraction of sp³-hybridized carbons (Fsp3) is 0.571. The van der Waals surface area contributed by atoms with Crippen LogP contribution in [-0.4, -0.2) is 16.9 Å². The number of carbonyl (C=O) groups is 1. The molecule has 1 aromatic heterocycles. The first kappa shape index (κ1) is 15.4. The molecule has 0 aliphatic carbocycles. The third kappa shape index (κ3) is 5.70. The molecule has 1 aromatic rings. The molecular formula is C14H24N4O. The molecule has 19 heavy (non-hydrogen) atoms. The van der Waals surface area contributed by atoms with Crippen LogP contribution in [0.2, 0.25) is 0 Å². The normalized spacial score (nSPS) is 12.3. The second-order valence-electron chi connectivity index (χ2n) is 5.28. The number of nitrogens with two attached hydrogens (primary N) is 1. The zero-order chi connectivity index (χ0) is 14.3. The largest absolute Gasteiger partial charge is 0.348 e. The van der Waals surface area contributed by atoms with E-state index in [9.17, 15) is 4.79 Å². The Morgan fingerprint density at radius 2 is 2.05 bits per heavy atom.